The Balaban J connectivity index is 2.13. The van der Waals surface area contributed by atoms with Crippen molar-refractivity contribution in [3.8, 4) is 5.69 Å². The van der Waals surface area contributed by atoms with Gasteiger partial charge in [0.25, 0.3) is 0 Å². The highest BCUT2D eigenvalue weighted by Gasteiger charge is 2.02. The lowest BCUT2D eigenvalue weighted by molar-refractivity contribution is -0.115. The van der Waals surface area contributed by atoms with Crippen LogP contribution in [0.5, 0.6) is 0 Å². The largest absolute Gasteiger partial charge is 0.330 e. The van der Waals surface area contributed by atoms with E-state index in [2.05, 4.69) is 15.6 Å². The molecule has 1 aromatic carbocycles. The quantitative estimate of drug-likeness (QED) is 0.727. The van der Waals surface area contributed by atoms with E-state index in [4.69, 9.17) is 0 Å². The van der Waals surface area contributed by atoms with E-state index in [9.17, 15) is 9.59 Å². The molecule has 0 aliphatic heterocycles. The Bertz CT molecular complexity index is 583. The van der Waals surface area contributed by atoms with Crippen LogP contribution in [0.1, 0.15) is 0 Å². The number of aromatic amines is 1. The highest BCUT2D eigenvalue weighted by molar-refractivity contribution is 5.92. The summed E-state index contributed by atoms with van der Waals surface area (Å²) < 4.78 is 1.49. The van der Waals surface area contributed by atoms with Crippen LogP contribution in [0, 0.1) is 0 Å². The molecular formula is C12H14N4O2. The monoisotopic (exact) mass is 246 g/mol. The number of amides is 1. The fourth-order valence-corrected chi connectivity index (χ4v) is 1.59. The molecule has 0 fully saturated rings. The molecule has 3 N–H and O–H groups in total. The van der Waals surface area contributed by atoms with Crippen molar-refractivity contribution < 1.29 is 4.79 Å². The molecule has 18 heavy (non-hydrogen) atoms. The van der Waals surface area contributed by atoms with Gasteiger partial charge in [-0.1, -0.05) is 0 Å². The molecule has 0 radical (unpaired) electrons. The second-order valence-corrected chi connectivity index (χ2v) is 3.76. The van der Waals surface area contributed by atoms with Gasteiger partial charge >= 0.3 is 5.69 Å². The first-order valence-corrected chi connectivity index (χ1v) is 5.51. The van der Waals surface area contributed by atoms with Gasteiger partial charge < -0.3 is 15.6 Å². The predicted octanol–water partition coefficient (Wildman–Crippen LogP) is 0.323. The Hall–Kier alpha value is -2.34. The van der Waals surface area contributed by atoms with E-state index < -0.39 is 0 Å². The summed E-state index contributed by atoms with van der Waals surface area (Å²) in [6.45, 7) is 0.263. The van der Waals surface area contributed by atoms with Crippen LogP contribution in [0.25, 0.3) is 5.69 Å². The van der Waals surface area contributed by atoms with Gasteiger partial charge in [-0.05, 0) is 31.3 Å². The predicted molar refractivity (Wildman–Crippen MR) is 68.9 cm³/mol. The number of benzene rings is 1. The molecule has 6 nitrogen and oxygen atoms in total. The molecule has 0 spiro atoms. The number of carbonyl (C=O) groups excluding carboxylic acids is 1. The smallest absolute Gasteiger partial charge is 0.325 e. The number of carbonyl (C=O) groups is 1. The van der Waals surface area contributed by atoms with Crippen LogP contribution in [0.4, 0.5) is 5.69 Å². The highest BCUT2D eigenvalue weighted by Crippen LogP contribution is 2.11. The first kappa shape index (κ1) is 12.1. The second-order valence-electron chi connectivity index (χ2n) is 3.76. The van der Waals surface area contributed by atoms with E-state index in [0.717, 1.165) is 5.69 Å². The number of aromatic nitrogens is 2. The number of H-pyrrole nitrogens is 1. The molecule has 0 bridgehead atoms. The second kappa shape index (κ2) is 5.33. The molecular weight excluding hydrogens is 232 g/mol. The van der Waals surface area contributed by atoms with E-state index in [1.54, 1.807) is 43.7 Å². The van der Waals surface area contributed by atoms with Gasteiger partial charge in [-0.3, -0.25) is 9.36 Å². The molecule has 6 heteroatoms. The van der Waals surface area contributed by atoms with Crippen molar-refractivity contribution in [3.05, 3.63) is 47.1 Å². The van der Waals surface area contributed by atoms with Crippen LogP contribution in [0.15, 0.2) is 41.5 Å². The number of anilines is 1. The molecule has 2 aromatic rings. The summed E-state index contributed by atoms with van der Waals surface area (Å²) in [4.78, 5) is 25.3. The average Bonchev–Trinajstić information content (AvgIpc) is 2.77. The van der Waals surface area contributed by atoms with Crippen LogP contribution in [-0.2, 0) is 4.79 Å². The van der Waals surface area contributed by atoms with Crippen molar-refractivity contribution in [1.29, 1.82) is 0 Å². The third kappa shape index (κ3) is 2.67. The van der Waals surface area contributed by atoms with Crippen molar-refractivity contribution in [2.45, 2.75) is 0 Å². The van der Waals surface area contributed by atoms with Gasteiger partial charge in [0.2, 0.25) is 5.91 Å². The lowest BCUT2D eigenvalue weighted by Crippen LogP contribution is -2.25. The molecule has 94 valence electrons. The summed E-state index contributed by atoms with van der Waals surface area (Å²) in [7, 11) is 1.71. The number of likely N-dealkylation sites (N-methyl/N-ethyl adjacent to an activating group) is 1. The molecule has 0 atom stereocenters. The maximum atomic E-state index is 11.4. The Morgan fingerprint density at radius 1 is 1.33 bits per heavy atom. The van der Waals surface area contributed by atoms with E-state index in [0.29, 0.717) is 5.69 Å². The third-order valence-corrected chi connectivity index (χ3v) is 2.42. The van der Waals surface area contributed by atoms with Gasteiger partial charge in [0.1, 0.15) is 0 Å². The molecule has 0 aliphatic rings. The summed E-state index contributed by atoms with van der Waals surface area (Å²) >= 11 is 0. The van der Waals surface area contributed by atoms with Gasteiger partial charge in [0, 0.05) is 18.1 Å². The Morgan fingerprint density at radius 3 is 2.61 bits per heavy atom. The molecule has 1 aromatic heterocycles. The van der Waals surface area contributed by atoms with Crippen LogP contribution in [0.3, 0.4) is 0 Å². The molecule has 1 heterocycles. The van der Waals surface area contributed by atoms with Crippen LogP contribution >= 0.6 is 0 Å². The first-order valence-electron chi connectivity index (χ1n) is 5.51. The number of imidazole rings is 1. The maximum absolute atomic E-state index is 11.4. The minimum Gasteiger partial charge on any atom is -0.325 e. The number of hydrogen-bond donors (Lipinski definition) is 3. The first-order chi connectivity index (χ1) is 8.70. The Kier molecular flexibility index (Phi) is 3.59. The van der Waals surface area contributed by atoms with E-state index >= 15 is 0 Å². The third-order valence-electron chi connectivity index (χ3n) is 2.42. The van der Waals surface area contributed by atoms with Crippen LogP contribution in [0.2, 0.25) is 0 Å². The molecule has 0 saturated carbocycles. The van der Waals surface area contributed by atoms with Crippen molar-refractivity contribution in [2.24, 2.45) is 0 Å². The minimum atomic E-state index is -0.193. The normalized spacial score (nSPS) is 10.3. The van der Waals surface area contributed by atoms with Crippen molar-refractivity contribution in [3.63, 3.8) is 0 Å². The lowest BCUT2D eigenvalue weighted by atomic mass is 10.2. The fourth-order valence-electron chi connectivity index (χ4n) is 1.59. The van der Waals surface area contributed by atoms with Crippen molar-refractivity contribution in [1.82, 2.24) is 14.9 Å². The maximum Gasteiger partial charge on any atom is 0.330 e. The Morgan fingerprint density at radius 2 is 2.06 bits per heavy atom. The molecule has 0 saturated heterocycles. The number of nitrogens with one attached hydrogen (secondary N) is 3. The highest BCUT2D eigenvalue weighted by atomic mass is 16.2. The topological polar surface area (TPSA) is 78.9 Å². The summed E-state index contributed by atoms with van der Waals surface area (Å²) in [5, 5.41) is 5.50. The molecule has 0 unspecified atom stereocenters. The number of hydrogen-bond acceptors (Lipinski definition) is 3. The van der Waals surface area contributed by atoms with Gasteiger partial charge in [-0.15, -0.1) is 0 Å². The lowest BCUT2D eigenvalue weighted by Gasteiger charge is -2.06. The fraction of sp³-hybridized carbons (Fsp3) is 0.167. The zero-order valence-corrected chi connectivity index (χ0v) is 9.93. The van der Waals surface area contributed by atoms with Crippen molar-refractivity contribution in [2.75, 3.05) is 18.9 Å². The van der Waals surface area contributed by atoms with E-state index in [1.807, 2.05) is 0 Å². The van der Waals surface area contributed by atoms with Gasteiger partial charge in [0.15, 0.2) is 0 Å². The van der Waals surface area contributed by atoms with Crippen molar-refractivity contribution >= 4 is 11.6 Å². The number of nitrogens with zero attached hydrogens (tertiary/aromatic N) is 1. The number of rotatable bonds is 4. The van der Waals surface area contributed by atoms with Gasteiger partial charge in [-0.25, -0.2) is 4.79 Å². The molecule has 1 amide bonds. The van der Waals surface area contributed by atoms with E-state index in [-0.39, 0.29) is 18.1 Å². The minimum absolute atomic E-state index is 0.107. The molecule has 0 aliphatic carbocycles. The average molecular weight is 246 g/mol. The summed E-state index contributed by atoms with van der Waals surface area (Å²) in [5.41, 5.74) is 1.25. The standard InChI is InChI=1S/C12H14N4O2/c1-13-8-11(17)15-9-2-4-10(5-3-9)16-7-6-14-12(16)18/h2-7,13H,8H2,1H3,(H,14,18)(H,15,17). The Labute approximate surface area is 104 Å². The van der Waals surface area contributed by atoms with E-state index in [1.165, 1.54) is 4.57 Å². The SMILES string of the molecule is CNCC(=O)Nc1ccc(-n2cc[nH]c2=O)cc1. The van der Waals surface area contributed by atoms with Crippen LogP contribution < -0.4 is 16.3 Å². The van der Waals surface area contributed by atoms with Crippen LogP contribution in [-0.4, -0.2) is 29.1 Å². The zero-order chi connectivity index (χ0) is 13.0. The summed E-state index contributed by atoms with van der Waals surface area (Å²) in [6.07, 6.45) is 3.22. The summed E-state index contributed by atoms with van der Waals surface area (Å²) in [5.74, 6) is -0.107. The molecule has 2 rings (SSSR count). The summed E-state index contributed by atoms with van der Waals surface area (Å²) in [6, 6.07) is 7.04. The zero-order valence-electron chi connectivity index (χ0n) is 9.93. The van der Waals surface area contributed by atoms with Gasteiger partial charge in [-0.2, -0.15) is 0 Å². The van der Waals surface area contributed by atoms with Gasteiger partial charge in [0.05, 0.1) is 12.2 Å².